The van der Waals surface area contributed by atoms with Gasteiger partial charge in [0.1, 0.15) is 6.10 Å². The summed E-state index contributed by atoms with van der Waals surface area (Å²) in [6.45, 7) is 1.82. The van der Waals surface area contributed by atoms with E-state index in [4.69, 9.17) is 9.84 Å². The fourth-order valence-electron chi connectivity index (χ4n) is 2.87. The van der Waals surface area contributed by atoms with Crippen LogP contribution >= 0.6 is 0 Å². The van der Waals surface area contributed by atoms with Crippen LogP contribution in [0, 0.1) is 6.92 Å². The van der Waals surface area contributed by atoms with Crippen LogP contribution in [0.4, 0.5) is 21.9 Å². The average molecular weight is 383 g/mol. The van der Waals surface area contributed by atoms with E-state index in [-0.39, 0.29) is 0 Å². The molecule has 8 nitrogen and oxygen atoms in total. The van der Waals surface area contributed by atoms with Gasteiger partial charge in [0.25, 0.3) is 5.91 Å². The summed E-state index contributed by atoms with van der Waals surface area (Å²) in [6, 6.07) is 13.7. The molecule has 2 atom stereocenters. The van der Waals surface area contributed by atoms with Crippen LogP contribution in [0.25, 0.3) is 0 Å². The van der Waals surface area contributed by atoms with E-state index in [1.165, 1.54) is 0 Å². The van der Waals surface area contributed by atoms with Crippen LogP contribution in [-0.4, -0.2) is 35.2 Å². The largest absolute Gasteiger partial charge is 0.479 e. The van der Waals surface area contributed by atoms with Crippen LogP contribution in [0.5, 0.6) is 0 Å². The molecule has 2 aromatic carbocycles. The second-order valence-electron chi connectivity index (χ2n) is 6.49. The molecule has 8 heteroatoms. The van der Waals surface area contributed by atoms with E-state index in [0.717, 1.165) is 5.56 Å². The van der Waals surface area contributed by atoms with Crippen LogP contribution in [-0.2, 0) is 14.3 Å². The Hall–Kier alpha value is -3.39. The number of carbonyl (C=O) groups excluding carboxylic acids is 2. The van der Waals surface area contributed by atoms with Gasteiger partial charge < -0.3 is 25.8 Å². The summed E-state index contributed by atoms with van der Waals surface area (Å²) < 4.78 is 5.27. The average Bonchev–Trinajstić information content (AvgIpc) is 3.16. The summed E-state index contributed by atoms with van der Waals surface area (Å²) in [6.07, 6.45) is -1.11. The molecule has 3 rings (SSSR count). The van der Waals surface area contributed by atoms with Gasteiger partial charge >= 0.3 is 12.0 Å². The Kier molecular flexibility index (Phi) is 5.90. The Bertz CT molecular complexity index is 885. The predicted molar refractivity (Wildman–Crippen MR) is 104 cm³/mol. The van der Waals surface area contributed by atoms with Crippen LogP contribution in [0.1, 0.15) is 18.4 Å². The molecule has 4 N–H and O–H groups in total. The zero-order chi connectivity index (χ0) is 20.1. The summed E-state index contributed by atoms with van der Waals surface area (Å²) in [4.78, 5) is 35.5. The fourth-order valence-corrected chi connectivity index (χ4v) is 2.87. The van der Waals surface area contributed by atoms with Crippen molar-refractivity contribution >= 4 is 35.0 Å². The standard InChI is InChI=1S/C20H21N3O5/c1-12-7-8-14(22-20(27)21-13-5-3-2-4-6-13)11-15(12)23-18(24)16-9-10-17(28-16)19(25)26/h2-8,11,16-17H,9-10H2,1H3,(H,23,24)(H,25,26)(H2,21,22,27)/t16-,17+/m0/s1. The molecule has 1 fully saturated rings. The van der Waals surface area contributed by atoms with Crippen LogP contribution in [0.2, 0.25) is 0 Å². The number of anilines is 3. The quantitative estimate of drug-likeness (QED) is 0.633. The van der Waals surface area contributed by atoms with Crippen molar-refractivity contribution in [3.63, 3.8) is 0 Å². The predicted octanol–water partition coefficient (Wildman–Crippen LogP) is 3.21. The van der Waals surface area contributed by atoms with E-state index >= 15 is 0 Å². The van der Waals surface area contributed by atoms with Gasteiger partial charge in [0.2, 0.25) is 0 Å². The molecule has 1 saturated heterocycles. The first kappa shape index (κ1) is 19.4. The maximum absolute atomic E-state index is 12.4. The lowest BCUT2D eigenvalue weighted by Gasteiger charge is -2.15. The number of aliphatic carboxylic acids is 1. The minimum absolute atomic E-state index is 0.299. The number of nitrogens with one attached hydrogen (secondary N) is 3. The molecule has 28 heavy (non-hydrogen) atoms. The zero-order valence-corrected chi connectivity index (χ0v) is 15.3. The Labute approximate surface area is 161 Å². The Morgan fingerprint density at radius 3 is 2.29 bits per heavy atom. The van der Waals surface area contributed by atoms with Crippen molar-refractivity contribution in [2.75, 3.05) is 16.0 Å². The lowest BCUT2D eigenvalue weighted by Crippen LogP contribution is -2.30. The molecule has 1 aliphatic heterocycles. The number of aryl methyl sites for hydroxylation is 1. The molecule has 2 aromatic rings. The first-order valence-corrected chi connectivity index (χ1v) is 8.85. The Morgan fingerprint density at radius 1 is 0.929 bits per heavy atom. The smallest absolute Gasteiger partial charge is 0.332 e. The van der Waals surface area contributed by atoms with Crippen LogP contribution in [0.3, 0.4) is 0 Å². The summed E-state index contributed by atoms with van der Waals surface area (Å²) in [5.41, 5.74) is 2.48. The third-order valence-corrected chi connectivity index (χ3v) is 4.37. The van der Waals surface area contributed by atoms with Gasteiger partial charge in [-0.05, 0) is 49.6 Å². The summed E-state index contributed by atoms with van der Waals surface area (Å²) >= 11 is 0. The summed E-state index contributed by atoms with van der Waals surface area (Å²) in [7, 11) is 0. The van der Waals surface area contributed by atoms with Gasteiger partial charge in [-0.15, -0.1) is 0 Å². The van der Waals surface area contributed by atoms with Crippen molar-refractivity contribution in [2.24, 2.45) is 0 Å². The third kappa shape index (κ3) is 4.86. The van der Waals surface area contributed by atoms with Crippen molar-refractivity contribution in [1.82, 2.24) is 0 Å². The molecule has 3 amide bonds. The molecule has 0 radical (unpaired) electrons. The van der Waals surface area contributed by atoms with Crippen molar-refractivity contribution in [3.8, 4) is 0 Å². The van der Waals surface area contributed by atoms with Crippen LogP contribution < -0.4 is 16.0 Å². The number of benzene rings is 2. The molecule has 0 aliphatic carbocycles. The van der Waals surface area contributed by atoms with Crippen molar-refractivity contribution in [3.05, 3.63) is 54.1 Å². The van der Waals surface area contributed by atoms with Gasteiger partial charge in [-0.2, -0.15) is 0 Å². The Balaban J connectivity index is 1.62. The summed E-state index contributed by atoms with van der Waals surface area (Å²) in [5, 5.41) is 17.1. The van der Waals surface area contributed by atoms with Gasteiger partial charge in [0, 0.05) is 17.1 Å². The molecular formula is C20H21N3O5. The molecule has 0 unspecified atom stereocenters. The first-order chi connectivity index (χ1) is 13.4. The second kappa shape index (κ2) is 8.53. The lowest BCUT2D eigenvalue weighted by atomic mass is 10.1. The fraction of sp³-hybridized carbons (Fsp3) is 0.250. The monoisotopic (exact) mass is 383 g/mol. The number of ether oxygens (including phenoxy) is 1. The number of carboxylic acids is 1. The van der Waals surface area contributed by atoms with Crippen molar-refractivity contribution in [1.29, 1.82) is 0 Å². The van der Waals surface area contributed by atoms with E-state index in [9.17, 15) is 14.4 Å². The molecule has 1 heterocycles. The van der Waals surface area contributed by atoms with Crippen molar-refractivity contribution < 1.29 is 24.2 Å². The van der Waals surface area contributed by atoms with Crippen molar-refractivity contribution in [2.45, 2.75) is 32.0 Å². The molecule has 0 spiro atoms. The number of rotatable bonds is 5. The van der Waals surface area contributed by atoms with Crippen LogP contribution in [0.15, 0.2) is 48.5 Å². The normalized spacial score (nSPS) is 18.3. The highest BCUT2D eigenvalue weighted by Crippen LogP contribution is 2.24. The van der Waals surface area contributed by atoms with Gasteiger partial charge in [-0.1, -0.05) is 24.3 Å². The zero-order valence-electron chi connectivity index (χ0n) is 15.3. The lowest BCUT2D eigenvalue weighted by molar-refractivity contribution is -0.150. The van der Waals surface area contributed by atoms with E-state index in [1.807, 2.05) is 25.1 Å². The van der Waals surface area contributed by atoms with E-state index in [2.05, 4.69) is 16.0 Å². The maximum atomic E-state index is 12.4. The number of carboxylic acid groups (broad SMARTS) is 1. The highest BCUT2D eigenvalue weighted by Gasteiger charge is 2.34. The first-order valence-electron chi connectivity index (χ1n) is 8.85. The molecule has 146 valence electrons. The second-order valence-corrected chi connectivity index (χ2v) is 6.49. The molecule has 0 saturated carbocycles. The van der Waals surface area contributed by atoms with Gasteiger partial charge in [-0.25, -0.2) is 9.59 Å². The SMILES string of the molecule is Cc1ccc(NC(=O)Nc2ccccc2)cc1NC(=O)[C@@H]1CC[C@H](C(=O)O)O1. The van der Waals surface area contributed by atoms with E-state index in [0.29, 0.717) is 29.9 Å². The highest BCUT2D eigenvalue weighted by molar-refractivity contribution is 6.01. The van der Waals surface area contributed by atoms with E-state index in [1.54, 1.807) is 30.3 Å². The third-order valence-electron chi connectivity index (χ3n) is 4.37. The maximum Gasteiger partial charge on any atom is 0.332 e. The minimum Gasteiger partial charge on any atom is -0.479 e. The number of para-hydroxylation sites is 1. The molecule has 1 aliphatic rings. The Morgan fingerprint density at radius 2 is 1.61 bits per heavy atom. The number of urea groups is 1. The van der Waals surface area contributed by atoms with Gasteiger partial charge in [0.05, 0.1) is 0 Å². The highest BCUT2D eigenvalue weighted by atomic mass is 16.5. The number of hydrogen-bond donors (Lipinski definition) is 4. The summed E-state index contributed by atoms with van der Waals surface area (Å²) in [5.74, 6) is -1.47. The number of hydrogen-bond acceptors (Lipinski definition) is 4. The number of amides is 3. The molecular weight excluding hydrogens is 362 g/mol. The topological polar surface area (TPSA) is 117 Å². The molecule has 0 bridgehead atoms. The number of carbonyl (C=O) groups is 3. The van der Waals surface area contributed by atoms with E-state index < -0.39 is 30.1 Å². The molecule has 0 aromatic heterocycles. The minimum atomic E-state index is -1.07. The van der Waals surface area contributed by atoms with Gasteiger partial charge in [-0.3, -0.25) is 4.79 Å². The van der Waals surface area contributed by atoms with Gasteiger partial charge in [0.15, 0.2) is 6.10 Å².